The quantitative estimate of drug-likeness (QED) is 0.865. The molecule has 0 aliphatic carbocycles. The lowest BCUT2D eigenvalue weighted by Crippen LogP contribution is -2.48. The van der Waals surface area contributed by atoms with Gasteiger partial charge in [0.1, 0.15) is 5.69 Å². The van der Waals surface area contributed by atoms with E-state index in [2.05, 4.69) is 27.1 Å². The molecule has 6 nitrogen and oxygen atoms in total. The van der Waals surface area contributed by atoms with Crippen molar-refractivity contribution in [1.29, 1.82) is 0 Å². The molecule has 0 bridgehead atoms. The normalized spacial score (nSPS) is 22.3. The highest BCUT2D eigenvalue weighted by Gasteiger charge is 2.27. The van der Waals surface area contributed by atoms with Crippen molar-refractivity contribution in [3.63, 3.8) is 0 Å². The molecule has 0 atom stereocenters. The Balaban J connectivity index is 1.38. The summed E-state index contributed by atoms with van der Waals surface area (Å²) in [6.45, 7) is 5.52. The molecule has 2 fully saturated rings. The second kappa shape index (κ2) is 7.59. The van der Waals surface area contributed by atoms with E-state index in [0.29, 0.717) is 16.7 Å². The van der Waals surface area contributed by atoms with Crippen molar-refractivity contribution in [2.24, 2.45) is 5.92 Å². The molecule has 7 heteroatoms. The largest absolute Gasteiger partial charge is 0.375 e. The Morgan fingerprint density at radius 2 is 2.00 bits per heavy atom. The van der Waals surface area contributed by atoms with Gasteiger partial charge < -0.3 is 20.9 Å². The zero-order chi connectivity index (χ0) is 16.2. The first-order valence-corrected chi connectivity index (χ1v) is 9.41. The Morgan fingerprint density at radius 3 is 2.61 bits per heavy atom. The predicted molar refractivity (Wildman–Crippen MR) is 93.7 cm³/mol. The fourth-order valence-corrected chi connectivity index (χ4v) is 4.14. The van der Waals surface area contributed by atoms with Crippen molar-refractivity contribution in [2.75, 3.05) is 45.5 Å². The van der Waals surface area contributed by atoms with Gasteiger partial charge in [0, 0.05) is 18.0 Å². The van der Waals surface area contributed by atoms with Gasteiger partial charge in [-0.1, -0.05) is 0 Å². The van der Waals surface area contributed by atoms with Crippen molar-refractivity contribution in [1.82, 2.24) is 20.1 Å². The monoisotopic (exact) mass is 337 g/mol. The van der Waals surface area contributed by atoms with Crippen molar-refractivity contribution >= 4 is 22.4 Å². The van der Waals surface area contributed by atoms with Gasteiger partial charge in [-0.15, -0.1) is 11.3 Å². The van der Waals surface area contributed by atoms with Gasteiger partial charge >= 0.3 is 0 Å². The van der Waals surface area contributed by atoms with E-state index >= 15 is 0 Å². The van der Waals surface area contributed by atoms with Crippen LogP contribution in [0.25, 0.3) is 0 Å². The third kappa shape index (κ3) is 4.43. The molecular weight excluding hydrogens is 310 g/mol. The zero-order valence-electron chi connectivity index (χ0n) is 13.8. The van der Waals surface area contributed by atoms with Crippen LogP contribution in [0.2, 0.25) is 0 Å². The summed E-state index contributed by atoms with van der Waals surface area (Å²) in [7, 11) is 2.21. The molecule has 0 unspecified atom stereocenters. The molecule has 0 aromatic carbocycles. The average molecular weight is 337 g/mol. The lowest BCUT2D eigenvalue weighted by atomic mass is 9.93. The van der Waals surface area contributed by atoms with Crippen molar-refractivity contribution in [3.05, 3.63) is 11.1 Å². The van der Waals surface area contributed by atoms with Crippen molar-refractivity contribution < 1.29 is 4.79 Å². The fraction of sp³-hybridized carbons (Fsp3) is 0.750. The summed E-state index contributed by atoms with van der Waals surface area (Å²) < 4.78 is 0. The topological polar surface area (TPSA) is 74.5 Å². The van der Waals surface area contributed by atoms with Crippen LogP contribution in [-0.2, 0) is 0 Å². The van der Waals surface area contributed by atoms with Gasteiger partial charge in [0.25, 0.3) is 5.91 Å². The lowest BCUT2D eigenvalue weighted by Gasteiger charge is -2.41. The summed E-state index contributed by atoms with van der Waals surface area (Å²) in [6, 6.07) is 0.764. The van der Waals surface area contributed by atoms with Crippen LogP contribution in [0.4, 0.5) is 5.13 Å². The van der Waals surface area contributed by atoms with Gasteiger partial charge in [-0.25, -0.2) is 4.98 Å². The van der Waals surface area contributed by atoms with Gasteiger partial charge in [-0.2, -0.15) is 0 Å². The van der Waals surface area contributed by atoms with Crippen LogP contribution in [0.5, 0.6) is 0 Å². The number of nitrogens with one attached hydrogen (secondary N) is 1. The van der Waals surface area contributed by atoms with Gasteiger partial charge in [-0.05, 0) is 64.8 Å². The SMILES string of the molecule is CN1CCC(N2CCC(CNC(=O)c3csc(N)n3)CC2)CC1. The van der Waals surface area contributed by atoms with Crippen molar-refractivity contribution in [2.45, 2.75) is 31.7 Å². The van der Waals surface area contributed by atoms with E-state index in [1.807, 2.05) is 0 Å². The van der Waals surface area contributed by atoms with Gasteiger partial charge in [0.05, 0.1) is 0 Å². The summed E-state index contributed by atoms with van der Waals surface area (Å²) in [6.07, 6.45) is 4.93. The molecule has 1 aromatic rings. The molecule has 23 heavy (non-hydrogen) atoms. The summed E-state index contributed by atoms with van der Waals surface area (Å²) in [5, 5.41) is 5.17. The minimum Gasteiger partial charge on any atom is -0.375 e. The molecule has 0 radical (unpaired) electrons. The van der Waals surface area contributed by atoms with E-state index in [4.69, 9.17) is 5.73 Å². The van der Waals surface area contributed by atoms with Gasteiger partial charge in [-0.3, -0.25) is 4.79 Å². The smallest absolute Gasteiger partial charge is 0.270 e. The van der Waals surface area contributed by atoms with E-state index in [1.54, 1.807) is 5.38 Å². The predicted octanol–water partition coefficient (Wildman–Crippen LogP) is 1.26. The molecule has 2 saturated heterocycles. The maximum Gasteiger partial charge on any atom is 0.270 e. The van der Waals surface area contributed by atoms with Crippen LogP contribution in [0.15, 0.2) is 5.38 Å². The molecule has 1 aromatic heterocycles. The summed E-state index contributed by atoms with van der Waals surface area (Å²) in [4.78, 5) is 21.1. The summed E-state index contributed by atoms with van der Waals surface area (Å²) in [5.41, 5.74) is 6.01. The number of piperidine rings is 2. The van der Waals surface area contributed by atoms with Crippen LogP contribution < -0.4 is 11.1 Å². The zero-order valence-corrected chi connectivity index (χ0v) is 14.6. The number of nitrogen functional groups attached to an aromatic ring is 1. The highest BCUT2D eigenvalue weighted by atomic mass is 32.1. The number of thiazole rings is 1. The number of likely N-dealkylation sites (tertiary alicyclic amines) is 2. The molecule has 2 aliphatic rings. The Hall–Kier alpha value is -1.18. The minimum absolute atomic E-state index is 0.101. The molecule has 1 amide bonds. The van der Waals surface area contributed by atoms with E-state index in [0.717, 1.165) is 12.6 Å². The highest BCUT2D eigenvalue weighted by molar-refractivity contribution is 7.13. The van der Waals surface area contributed by atoms with Crippen LogP contribution in [-0.4, -0.2) is 66.5 Å². The number of nitrogens with two attached hydrogens (primary N) is 1. The number of nitrogens with zero attached hydrogens (tertiary/aromatic N) is 3. The number of carbonyl (C=O) groups is 1. The van der Waals surface area contributed by atoms with Crippen LogP contribution in [0.1, 0.15) is 36.2 Å². The van der Waals surface area contributed by atoms with Crippen LogP contribution >= 0.6 is 11.3 Å². The molecule has 3 rings (SSSR count). The first-order valence-electron chi connectivity index (χ1n) is 8.53. The number of anilines is 1. The maximum absolute atomic E-state index is 12.0. The second-order valence-corrected chi connectivity index (χ2v) is 7.68. The molecular formula is C16H27N5OS. The van der Waals surface area contributed by atoms with E-state index in [9.17, 15) is 4.79 Å². The number of hydrogen-bond donors (Lipinski definition) is 2. The first-order chi connectivity index (χ1) is 11.1. The van der Waals surface area contributed by atoms with Crippen LogP contribution in [0, 0.1) is 5.92 Å². The summed E-state index contributed by atoms with van der Waals surface area (Å²) in [5.74, 6) is 0.480. The van der Waals surface area contributed by atoms with E-state index < -0.39 is 0 Å². The Morgan fingerprint density at radius 1 is 1.30 bits per heavy atom. The number of aromatic nitrogens is 1. The number of carbonyl (C=O) groups excluding carboxylic acids is 1. The minimum atomic E-state index is -0.101. The van der Waals surface area contributed by atoms with Gasteiger partial charge in [0.2, 0.25) is 0 Å². The van der Waals surface area contributed by atoms with E-state index in [-0.39, 0.29) is 5.91 Å². The molecule has 0 spiro atoms. The highest BCUT2D eigenvalue weighted by Crippen LogP contribution is 2.23. The number of rotatable bonds is 4. The second-order valence-electron chi connectivity index (χ2n) is 6.79. The standard InChI is InChI=1S/C16H27N5OS/c1-20-6-4-13(5-7-20)21-8-2-12(3-9-21)10-18-15(22)14-11-23-16(17)19-14/h11-13H,2-10H2,1H3,(H2,17,19)(H,18,22). The Labute approximate surface area is 142 Å². The number of amides is 1. The number of hydrogen-bond acceptors (Lipinski definition) is 6. The molecule has 2 aliphatic heterocycles. The lowest BCUT2D eigenvalue weighted by molar-refractivity contribution is 0.0812. The Bertz CT molecular complexity index is 518. The average Bonchev–Trinajstić information content (AvgIpc) is 3.00. The fourth-order valence-electron chi connectivity index (χ4n) is 3.60. The third-order valence-electron chi connectivity index (χ3n) is 5.16. The third-order valence-corrected chi connectivity index (χ3v) is 5.83. The van der Waals surface area contributed by atoms with Gasteiger partial charge in [0.15, 0.2) is 5.13 Å². The first kappa shape index (κ1) is 16.7. The van der Waals surface area contributed by atoms with Crippen LogP contribution in [0.3, 0.4) is 0 Å². The summed E-state index contributed by atoms with van der Waals surface area (Å²) >= 11 is 1.31. The molecule has 128 valence electrons. The molecule has 3 heterocycles. The van der Waals surface area contributed by atoms with Crippen molar-refractivity contribution in [3.8, 4) is 0 Å². The molecule has 0 saturated carbocycles. The Kier molecular flexibility index (Phi) is 5.50. The van der Waals surface area contributed by atoms with E-state index in [1.165, 1.54) is 63.2 Å². The molecule has 3 N–H and O–H groups in total. The maximum atomic E-state index is 12.0.